The van der Waals surface area contributed by atoms with Crippen LogP contribution in [0.1, 0.15) is 35.8 Å². The van der Waals surface area contributed by atoms with Crippen molar-refractivity contribution < 1.29 is 13.7 Å². The number of hydrogen-bond acceptors (Lipinski definition) is 5. The summed E-state index contributed by atoms with van der Waals surface area (Å²) in [6.07, 6.45) is 0.438. The summed E-state index contributed by atoms with van der Waals surface area (Å²) in [6, 6.07) is 14.5. The average Bonchev–Trinajstić information content (AvgIpc) is 3.07. The summed E-state index contributed by atoms with van der Waals surface area (Å²) in [5.74, 6) is 1.66. The van der Waals surface area contributed by atoms with Gasteiger partial charge in [0.2, 0.25) is 5.89 Å². The molecule has 2 aromatic carbocycles. The van der Waals surface area contributed by atoms with Gasteiger partial charge in [-0.25, -0.2) is 4.39 Å². The lowest BCUT2D eigenvalue weighted by atomic mass is 10.1. The maximum atomic E-state index is 13.3. The molecule has 0 aliphatic carbocycles. The van der Waals surface area contributed by atoms with E-state index in [9.17, 15) is 4.39 Å². The van der Waals surface area contributed by atoms with E-state index in [1.807, 2.05) is 37.4 Å². The van der Waals surface area contributed by atoms with Crippen molar-refractivity contribution in [1.82, 2.24) is 15.0 Å². The van der Waals surface area contributed by atoms with Crippen LogP contribution in [-0.4, -0.2) is 29.2 Å². The van der Waals surface area contributed by atoms with Crippen LogP contribution in [-0.2, 0) is 13.0 Å². The van der Waals surface area contributed by atoms with E-state index in [1.165, 1.54) is 12.1 Å². The minimum atomic E-state index is -0.267. The van der Waals surface area contributed by atoms with Crippen molar-refractivity contribution in [2.75, 3.05) is 14.2 Å². The van der Waals surface area contributed by atoms with Gasteiger partial charge in [-0.1, -0.05) is 35.5 Å². The van der Waals surface area contributed by atoms with Crippen LogP contribution in [0, 0.1) is 5.82 Å². The second kappa shape index (κ2) is 8.10. The highest BCUT2D eigenvalue weighted by Gasteiger charge is 2.18. The zero-order valence-electron chi connectivity index (χ0n) is 15.1. The highest BCUT2D eigenvalue weighted by molar-refractivity contribution is 5.35. The molecule has 5 nitrogen and oxygen atoms in total. The Kier molecular flexibility index (Phi) is 5.63. The smallest absolute Gasteiger partial charge is 0.240 e. The maximum absolute atomic E-state index is 13.3. The number of halogens is 1. The molecule has 6 heteroatoms. The Hall–Kier alpha value is -2.73. The summed E-state index contributed by atoms with van der Waals surface area (Å²) in [6.45, 7) is 2.61. The molecule has 0 fully saturated rings. The van der Waals surface area contributed by atoms with Crippen LogP contribution in [0.15, 0.2) is 53.1 Å². The number of benzene rings is 2. The fourth-order valence-corrected chi connectivity index (χ4v) is 2.85. The average molecular weight is 355 g/mol. The van der Waals surface area contributed by atoms with Crippen molar-refractivity contribution in [3.8, 4) is 5.75 Å². The van der Waals surface area contributed by atoms with Gasteiger partial charge < -0.3 is 9.26 Å². The number of para-hydroxylation sites is 1. The molecule has 0 amide bonds. The lowest BCUT2D eigenvalue weighted by Gasteiger charge is -2.24. The molecule has 0 N–H and O–H groups in total. The van der Waals surface area contributed by atoms with E-state index in [0.29, 0.717) is 24.7 Å². The van der Waals surface area contributed by atoms with E-state index in [2.05, 4.69) is 22.0 Å². The zero-order chi connectivity index (χ0) is 18.5. The number of nitrogens with zero attached hydrogens (tertiary/aromatic N) is 3. The van der Waals surface area contributed by atoms with Crippen molar-refractivity contribution in [2.24, 2.45) is 0 Å². The van der Waals surface area contributed by atoms with E-state index in [0.717, 1.165) is 16.9 Å². The normalized spacial score (nSPS) is 12.3. The number of ether oxygens (including phenoxy) is 1. The van der Waals surface area contributed by atoms with Gasteiger partial charge in [-0.2, -0.15) is 4.98 Å². The number of rotatable bonds is 7. The lowest BCUT2D eigenvalue weighted by Crippen LogP contribution is -2.22. The predicted octanol–water partition coefficient (Wildman–Crippen LogP) is 4.00. The summed E-state index contributed by atoms with van der Waals surface area (Å²) in [5.41, 5.74) is 1.91. The number of aromatic nitrogens is 2. The topological polar surface area (TPSA) is 51.4 Å². The van der Waals surface area contributed by atoms with E-state index in [1.54, 1.807) is 13.2 Å². The molecular weight excluding hydrogens is 333 g/mol. The Morgan fingerprint density at radius 2 is 2.00 bits per heavy atom. The molecule has 1 aromatic heterocycles. The number of hydrogen-bond donors (Lipinski definition) is 0. The van der Waals surface area contributed by atoms with Gasteiger partial charge in [0.1, 0.15) is 11.6 Å². The van der Waals surface area contributed by atoms with Gasteiger partial charge in [0.25, 0.3) is 0 Å². The minimum absolute atomic E-state index is 0.115. The molecule has 1 heterocycles. The lowest BCUT2D eigenvalue weighted by molar-refractivity contribution is 0.212. The molecule has 26 heavy (non-hydrogen) atoms. The van der Waals surface area contributed by atoms with Gasteiger partial charge >= 0.3 is 0 Å². The van der Waals surface area contributed by atoms with E-state index in [-0.39, 0.29) is 11.9 Å². The molecule has 0 aliphatic heterocycles. The Balaban J connectivity index is 1.66. The predicted molar refractivity (Wildman–Crippen MR) is 96.4 cm³/mol. The van der Waals surface area contributed by atoms with Gasteiger partial charge in [0, 0.05) is 18.0 Å². The van der Waals surface area contributed by atoms with Crippen LogP contribution in [0.5, 0.6) is 5.75 Å². The summed E-state index contributed by atoms with van der Waals surface area (Å²) in [7, 11) is 3.66. The van der Waals surface area contributed by atoms with Crippen LogP contribution < -0.4 is 4.74 Å². The van der Waals surface area contributed by atoms with E-state index >= 15 is 0 Å². The second-order valence-electron chi connectivity index (χ2n) is 6.24. The van der Waals surface area contributed by atoms with Crippen LogP contribution >= 0.6 is 0 Å². The van der Waals surface area contributed by atoms with Crippen molar-refractivity contribution in [3.05, 3.63) is 77.2 Å². The third-order valence-corrected chi connectivity index (χ3v) is 4.40. The molecule has 3 aromatic rings. The fraction of sp³-hybridized carbons (Fsp3) is 0.300. The van der Waals surface area contributed by atoms with Crippen molar-refractivity contribution in [1.29, 1.82) is 0 Å². The first-order valence-electron chi connectivity index (χ1n) is 8.46. The number of methoxy groups -OCH3 is 1. The molecule has 0 aliphatic rings. The van der Waals surface area contributed by atoms with Gasteiger partial charge in [-0.3, -0.25) is 4.90 Å². The molecule has 0 saturated heterocycles. The molecule has 136 valence electrons. The summed E-state index contributed by atoms with van der Waals surface area (Å²) in [4.78, 5) is 6.53. The monoisotopic (exact) mass is 355 g/mol. The Morgan fingerprint density at radius 3 is 2.77 bits per heavy atom. The van der Waals surface area contributed by atoms with E-state index in [4.69, 9.17) is 9.26 Å². The van der Waals surface area contributed by atoms with Crippen LogP contribution in [0.4, 0.5) is 4.39 Å². The van der Waals surface area contributed by atoms with Gasteiger partial charge in [0.15, 0.2) is 5.82 Å². The van der Waals surface area contributed by atoms with Crippen LogP contribution in [0.3, 0.4) is 0 Å². The first kappa shape index (κ1) is 18.1. The zero-order valence-corrected chi connectivity index (χ0v) is 15.1. The SMILES string of the molecule is COc1ccccc1[C@@H](C)N(C)Cc1nc(Cc2cccc(F)c2)no1. The third-order valence-electron chi connectivity index (χ3n) is 4.40. The Labute approximate surface area is 152 Å². The molecule has 0 unspecified atom stereocenters. The van der Waals surface area contributed by atoms with Gasteiger partial charge in [-0.15, -0.1) is 0 Å². The molecule has 0 radical (unpaired) electrons. The summed E-state index contributed by atoms with van der Waals surface area (Å²) in [5, 5.41) is 4.00. The maximum Gasteiger partial charge on any atom is 0.240 e. The fourth-order valence-electron chi connectivity index (χ4n) is 2.85. The highest BCUT2D eigenvalue weighted by Crippen LogP contribution is 2.28. The molecule has 0 saturated carbocycles. The molecular formula is C20H22FN3O2. The Morgan fingerprint density at radius 1 is 1.19 bits per heavy atom. The standard InChI is InChI=1S/C20H22FN3O2/c1-14(17-9-4-5-10-18(17)25-3)24(2)13-20-22-19(23-26-20)12-15-7-6-8-16(21)11-15/h4-11,14H,12-13H2,1-3H3/t14-/m1/s1. The quantitative estimate of drug-likeness (QED) is 0.641. The Bertz CT molecular complexity index is 866. The van der Waals surface area contributed by atoms with Crippen molar-refractivity contribution in [3.63, 3.8) is 0 Å². The second-order valence-corrected chi connectivity index (χ2v) is 6.24. The minimum Gasteiger partial charge on any atom is -0.496 e. The molecule has 1 atom stereocenters. The van der Waals surface area contributed by atoms with E-state index < -0.39 is 0 Å². The summed E-state index contributed by atoms with van der Waals surface area (Å²) < 4.78 is 24.1. The molecule has 3 rings (SSSR count). The van der Waals surface area contributed by atoms with Gasteiger partial charge in [0.05, 0.1) is 13.7 Å². The molecule has 0 spiro atoms. The molecule has 0 bridgehead atoms. The van der Waals surface area contributed by atoms with Crippen molar-refractivity contribution in [2.45, 2.75) is 25.9 Å². The largest absolute Gasteiger partial charge is 0.496 e. The van der Waals surface area contributed by atoms with Crippen molar-refractivity contribution >= 4 is 0 Å². The first-order valence-corrected chi connectivity index (χ1v) is 8.46. The highest BCUT2D eigenvalue weighted by atomic mass is 19.1. The van der Waals surface area contributed by atoms with Gasteiger partial charge in [-0.05, 0) is 37.7 Å². The van der Waals surface area contributed by atoms with Crippen LogP contribution in [0.25, 0.3) is 0 Å². The first-order chi connectivity index (χ1) is 12.6. The van der Waals surface area contributed by atoms with Crippen LogP contribution in [0.2, 0.25) is 0 Å². The summed E-state index contributed by atoms with van der Waals surface area (Å²) >= 11 is 0. The third kappa shape index (κ3) is 4.26.